The van der Waals surface area contributed by atoms with Gasteiger partial charge in [-0.1, -0.05) is 12.1 Å². The van der Waals surface area contributed by atoms with E-state index in [1.165, 1.54) is 18.5 Å². The zero-order valence-electron chi connectivity index (χ0n) is 12.3. The van der Waals surface area contributed by atoms with Gasteiger partial charge in [-0.3, -0.25) is 0 Å². The molecule has 0 spiro atoms. The van der Waals surface area contributed by atoms with Crippen molar-refractivity contribution in [1.29, 1.82) is 0 Å². The number of nitrogens with two attached hydrogens (primary N) is 1. The maximum Gasteiger partial charge on any atom is 0.361 e. The molecule has 0 aliphatic carbocycles. The summed E-state index contributed by atoms with van der Waals surface area (Å²) in [7, 11) is 0. The Kier molecular flexibility index (Phi) is 3.76. The van der Waals surface area contributed by atoms with Gasteiger partial charge >= 0.3 is 11.6 Å². The summed E-state index contributed by atoms with van der Waals surface area (Å²) in [6, 6.07) is 6.75. The second-order valence-electron chi connectivity index (χ2n) is 4.96. The minimum absolute atomic E-state index is 0.00874. The first-order valence-corrected chi connectivity index (χ1v) is 6.81. The van der Waals surface area contributed by atoms with Crippen LogP contribution in [0.1, 0.15) is 21.6 Å². The molecule has 3 rings (SSSR count). The fourth-order valence-electron chi connectivity index (χ4n) is 2.17. The third-order valence-corrected chi connectivity index (χ3v) is 3.26. The average molecular weight is 311 g/mol. The van der Waals surface area contributed by atoms with Gasteiger partial charge in [0.15, 0.2) is 11.5 Å². The van der Waals surface area contributed by atoms with Crippen molar-refractivity contribution in [3.8, 4) is 0 Å². The van der Waals surface area contributed by atoms with Crippen LogP contribution in [0.5, 0.6) is 0 Å². The van der Waals surface area contributed by atoms with Gasteiger partial charge in [0, 0.05) is 29.4 Å². The summed E-state index contributed by atoms with van der Waals surface area (Å²) < 4.78 is 10.3. The van der Waals surface area contributed by atoms with Gasteiger partial charge in [-0.2, -0.15) is 0 Å². The highest BCUT2D eigenvalue weighted by Gasteiger charge is 2.15. The molecule has 0 aliphatic rings. The number of carbonyl (C=O) groups is 1. The standard InChI is InChI=1S/C16H13N3O4/c1-9-2-3-11-10(7-13(20)23-12(11)6-9)8-22-16(21)14-15(17)19-5-4-18-14/h2-7H,8H2,1H3,(H2,17,19). The Labute approximate surface area is 130 Å². The second-order valence-corrected chi connectivity index (χ2v) is 4.96. The molecule has 2 aromatic heterocycles. The van der Waals surface area contributed by atoms with Crippen LogP contribution in [0.4, 0.5) is 5.82 Å². The summed E-state index contributed by atoms with van der Waals surface area (Å²) in [6.45, 7) is 1.79. The molecule has 7 heteroatoms. The van der Waals surface area contributed by atoms with Gasteiger partial charge < -0.3 is 14.9 Å². The number of anilines is 1. The maximum atomic E-state index is 12.0. The quantitative estimate of drug-likeness (QED) is 0.580. The molecule has 23 heavy (non-hydrogen) atoms. The summed E-state index contributed by atoms with van der Waals surface area (Å²) in [5.74, 6) is -0.713. The maximum absolute atomic E-state index is 12.0. The lowest BCUT2D eigenvalue weighted by atomic mass is 10.1. The van der Waals surface area contributed by atoms with Crippen molar-refractivity contribution < 1.29 is 13.9 Å². The average Bonchev–Trinajstić information content (AvgIpc) is 2.52. The van der Waals surface area contributed by atoms with Crippen LogP contribution < -0.4 is 11.4 Å². The Hall–Kier alpha value is -3.22. The molecule has 2 heterocycles. The van der Waals surface area contributed by atoms with Crippen molar-refractivity contribution in [2.45, 2.75) is 13.5 Å². The third-order valence-electron chi connectivity index (χ3n) is 3.26. The van der Waals surface area contributed by atoms with Crippen LogP contribution in [-0.2, 0) is 11.3 Å². The van der Waals surface area contributed by atoms with Gasteiger partial charge in [-0.25, -0.2) is 19.6 Å². The van der Waals surface area contributed by atoms with Crippen molar-refractivity contribution in [2.24, 2.45) is 0 Å². The molecule has 0 unspecified atom stereocenters. The number of hydrogen-bond acceptors (Lipinski definition) is 7. The number of nitrogen functional groups attached to an aromatic ring is 1. The topological polar surface area (TPSA) is 108 Å². The first kappa shape index (κ1) is 14.7. The fourth-order valence-corrected chi connectivity index (χ4v) is 2.17. The van der Waals surface area contributed by atoms with Gasteiger partial charge in [0.05, 0.1) is 0 Å². The number of carbonyl (C=O) groups excluding carboxylic acids is 1. The van der Waals surface area contributed by atoms with Crippen LogP contribution in [0.15, 0.2) is 45.9 Å². The molecule has 1 aromatic carbocycles. The van der Waals surface area contributed by atoms with Crippen molar-refractivity contribution in [3.63, 3.8) is 0 Å². The van der Waals surface area contributed by atoms with Crippen LogP contribution in [-0.4, -0.2) is 15.9 Å². The van der Waals surface area contributed by atoms with Crippen LogP contribution >= 0.6 is 0 Å². The minimum Gasteiger partial charge on any atom is -0.456 e. The van der Waals surface area contributed by atoms with E-state index in [1.54, 1.807) is 6.07 Å². The van der Waals surface area contributed by atoms with E-state index in [1.807, 2.05) is 19.1 Å². The van der Waals surface area contributed by atoms with Crippen LogP contribution in [0.3, 0.4) is 0 Å². The molecular weight excluding hydrogens is 298 g/mol. The lowest BCUT2D eigenvalue weighted by molar-refractivity contribution is 0.0468. The van der Waals surface area contributed by atoms with Gasteiger partial charge in [-0.15, -0.1) is 0 Å². The van der Waals surface area contributed by atoms with Crippen molar-refractivity contribution >= 4 is 22.8 Å². The highest BCUT2D eigenvalue weighted by atomic mass is 16.5. The summed E-state index contributed by atoms with van der Waals surface area (Å²) in [6.07, 6.45) is 2.73. The van der Waals surface area contributed by atoms with E-state index in [0.717, 1.165) is 5.56 Å². The third kappa shape index (κ3) is 3.03. The number of benzene rings is 1. The number of esters is 1. The Morgan fingerprint density at radius 3 is 2.83 bits per heavy atom. The summed E-state index contributed by atoms with van der Waals surface area (Å²) in [5.41, 5.74) is 6.97. The SMILES string of the molecule is Cc1ccc2c(COC(=O)c3nccnc3N)cc(=O)oc2c1. The monoisotopic (exact) mass is 311 g/mol. The number of hydrogen-bond donors (Lipinski definition) is 1. The van der Waals surface area contributed by atoms with Crippen LogP contribution in [0.25, 0.3) is 11.0 Å². The number of aromatic nitrogens is 2. The van der Waals surface area contributed by atoms with Crippen molar-refractivity contribution in [1.82, 2.24) is 9.97 Å². The summed E-state index contributed by atoms with van der Waals surface area (Å²) in [5, 5.41) is 0.704. The van der Waals surface area contributed by atoms with Gasteiger partial charge in [-0.05, 0) is 18.6 Å². The van der Waals surface area contributed by atoms with Crippen LogP contribution in [0, 0.1) is 6.92 Å². The number of fused-ring (bicyclic) bond motifs is 1. The molecule has 0 amide bonds. The van der Waals surface area contributed by atoms with Crippen LogP contribution in [0.2, 0.25) is 0 Å². The highest BCUT2D eigenvalue weighted by molar-refractivity contribution is 5.92. The summed E-state index contributed by atoms with van der Waals surface area (Å²) in [4.78, 5) is 31.3. The second kappa shape index (κ2) is 5.88. The smallest absolute Gasteiger partial charge is 0.361 e. The molecule has 3 aromatic rings. The fraction of sp³-hybridized carbons (Fsp3) is 0.125. The number of rotatable bonds is 3. The van der Waals surface area contributed by atoms with E-state index in [4.69, 9.17) is 14.9 Å². The normalized spacial score (nSPS) is 10.7. The lowest BCUT2D eigenvalue weighted by Gasteiger charge is -2.08. The number of aryl methyl sites for hydroxylation is 1. The molecule has 2 N–H and O–H groups in total. The molecule has 116 valence electrons. The molecule has 0 fully saturated rings. The van der Waals surface area contributed by atoms with Crippen molar-refractivity contribution in [3.05, 3.63) is 63.9 Å². The zero-order chi connectivity index (χ0) is 16.4. The Balaban J connectivity index is 1.89. The molecular formula is C16H13N3O4. The first-order chi connectivity index (χ1) is 11.0. The molecule has 0 saturated carbocycles. The van der Waals surface area contributed by atoms with E-state index in [9.17, 15) is 9.59 Å². The van der Waals surface area contributed by atoms with E-state index in [0.29, 0.717) is 16.5 Å². The Morgan fingerprint density at radius 1 is 1.26 bits per heavy atom. The van der Waals surface area contributed by atoms with Gasteiger partial charge in [0.1, 0.15) is 12.2 Å². The van der Waals surface area contributed by atoms with E-state index in [-0.39, 0.29) is 18.1 Å². The molecule has 0 bridgehead atoms. The van der Waals surface area contributed by atoms with Gasteiger partial charge in [0.2, 0.25) is 0 Å². The predicted molar refractivity (Wildman–Crippen MR) is 82.8 cm³/mol. The minimum atomic E-state index is -0.705. The van der Waals surface area contributed by atoms with E-state index >= 15 is 0 Å². The van der Waals surface area contributed by atoms with Gasteiger partial charge in [0.25, 0.3) is 0 Å². The van der Waals surface area contributed by atoms with Crippen molar-refractivity contribution in [2.75, 3.05) is 5.73 Å². The number of ether oxygens (including phenoxy) is 1. The zero-order valence-corrected chi connectivity index (χ0v) is 12.3. The van der Waals surface area contributed by atoms with E-state index < -0.39 is 11.6 Å². The predicted octanol–water partition coefficient (Wildman–Crippen LogP) is 1.83. The Morgan fingerprint density at radius 2 is 2.04 bits per heavy atom. The molecule has 0 aliphatic heterocycles. The molecule has 0 radical (unpaired) electrons. The highest BCUT2D eigenvalue weighted by Crippen LogP contribution is 2.19. The molecule has 0 atom stereocenters. The molecule has 0 saturated heterocycles. The molecule has 7 nitrogen and oxygen atoms in total. The lowest BCUT2D eigenvalue weighted by Crippen LogP contribution is -2.12. The van der Waals surface area contributed by atoms with E-state index in [2.05, 4.69) is 9.97 Å². The first-order valence-electron chi connectivity index (χ1n) is 6.81. The largest absolute Gasteiger partial charge is 0.456 e. The Bertz CT molecular complexity index is 949. The number of nitrogens with zero attached hydrogens (tertiary/aromatic N) is 2. The summed E-state index contributed by atoms with van der Waals surface area (Å²) >= 11 is 0.